The number of hydrogen-bond donors (Lipinski definition) is 1. The predicted molar refractivity (Wildman–Crippen MR) is 63.2 cm³/mol. The van der Waals surface area contributed by atoms with Gasteiger partial charge in [0.2, 0.25) is 0 Å². The molecule has 14 heavy (non-hydrogen) atoms. The normalized spacial score (nSPS) is 20.5. The Kier molecular flexibility index (Phi) is 3.11. The summed E-state index contributed by atoms with van der Waals surface area (Å²) >= 11 is 1.67. The molecule has 0 fully saturated rings. The molecule has 1 aliphatic carbocycles. The van der Waals surface area contributed by atoms with E-state index in [-0.39, 0.29) is 0 Å². The number of nitrogens with zero attached hydrogens (tertiary/aromatic N) is 1. The summed E-state index contributed by atoms with van der Waals surface area (Å²) in [5.74, 6) is 0.766. The van der Waals surface area contributed by atoms with Crippen LogP contribution in [-0.4, -0.2) is 12.3 Å². The van der Waals surface area contributed by atoms with Crippen LogP contribution in [0.25, 0.3) is 0 Å². The van der Waals surface area contributed by atoms with E-state index in [1.54, 1.807) is 11.3 Å². The molecule has 0 bridgehead atoms. The van der Waals surface area contributed by atoms with Crippen molar-refractivity contribution in [1.82, 2.24) is 4.98 Å². The van der Waals surface area contributed by atoms with E-state index in [0.717, 1.165) is 17.4 Å². The van der Waals surface area contributed by atoms with Crippen LogP contribution < -0.4 is 5.73 Å². The molecule has 1 aliphatic rings. The van der Waals surface area contributed by atoms with Crippen LogP contribution in [0, 0.1) is 0 Å². The van der Waals surface area contributed by atoms with E-state index in [9.17, 15) is 0 Å². The Bertz CT molecular complexity index is 311. The second-order valence-electron chi connectivity index (χ2n) is 3.95. The molecule has 2 rings (SSSR count). The number of hydrogen-bond acceptors (Lipinski definition) is 3. The molecule has 1 aromatic heterocycles. The van der Waals surface area contributed by atoms with Crippen molar-refractivity contribution >= 4 is 23.7 Å². The molecule has 1 radical (unpaired) electrons. The van der Waals surface area contributed by atoms with Gasteiger partial charge < -0.3 is 5.73 Å². The highest BCUT2D eigenvalue weighted by Gasteiger charge is 2.21. The lowest BCUT2D eigenvalue weighted by Gasteiger charge is -2.19. The van der Waals surface area contributed by atoms with Crippen molar-refractivity contribution in [3.05, 3.63) is 10.6 Å². The van der Waals surface area contributed by atoms with E-state index in [1.165, 1.54) is 36.2 Å². The van der Waals surface area contributed by atoms with Crippen molar-refractivity contribution in [2.45, 2.75) is 44.7 Å². The van der Waals surface area contributed by atoms with E-state index < -0.39 is 0 Å². The van der Waals surface area contributed by atoms with Crippen molar-refractivity contribution in [1.29, 1.82) is 0 Å². The van der Waals surface area contributed by atoms with Crippen LogP contribution in [-0.2, 0) is 12.8 Å². The highest BCUT2D eigenvalue weighted by molar-refractivity contribution is 7.15. The fourth-order valence-corrected chi connectivity index (χ4v) is 3.00. The summed E-state index contributed by atoms with van der Waals surface area (Å²) in [7, 11) is 2.47. The van der Waals surface area contributed by atoms with Crippen LogP contribution in [0.4, 0.5) is 5.13 Å². The zero-order valence-corrected chi connectivity index (χ0v) is 9.44. The van der Waals surface area contributed by atoms with Crippen LogP contribution in [0.3, 0.4) is 0 Å². The van der Waals surface area contributed by atoms with E-state index in [4.69, 9.17) is 5.73 Å². The molecular weight excluding hydrogens is 191 g/mol. The van der Waals surface area contributed by atoms with E-state index in [0.29, 0.717) is 0 Å². The highest BCUT2D eigenvalue weighted by atomic mass is 32.1. The van der Waals surface area contributed by atoms with Crippen LogP contribution in [0.2, 0.25) is 12.1 Å². The predicted octanol–water partition coefficient (Wildman–Crippen LogP) is 2.54. The van der Waals surface area contributed by atoms with Crippen molar-refractivity contribution in [3.8, 4) is 0 Å². The van der Waals surface area contributed by atoms with Gasteiger partial charge in [0, 0.05) is 4.88 Å². The molecule has 1 aromatic rings. The minimum atomic E-state index is 0.742. The number of rotatable bonds is 3. The first kappa shape index (κ1) is 10.0. The van der Waals surface area contributed by atoms with Crippen LogP contribution >= 0.6 is 11.3 Å². The maximum absolute atomic E-state index is 5.70. The van der Waals surface area contributed by atoms with Gasteiger partial charge in [-0.2, -0.15) is 0 Å². The van der Waals surface area contributed by atoms with Gasteiger partial charge in [-0.3, -0.25) is 0 Å². The fraction of sp³-hybridized carbons (Fsp3) is 0.700. The SMILES string of the molecule is CCC[B]C1CCc2nc(N)sc2C1. The maximum Gasteiger partial charge on any atom is 0.180 e. The van der Waals surface area contributed by atoms with Gasteiger partial charge in [-0.25, -0.2) is 4.98 Å². The van der Waals surface area contributed by atoms with Gasteiger partial charge in [0.25, 0.3) is 0 Å². The lowest BCUT2D eigenvalue weighted by molar-refractivity contribution is 0.672. The molecule has 1 heterocycles. The van der Waals surface area contributed by atoms with Crippen LogP contribution in [0.1, 0.15) is 30.3 Å². The summed E-state index contributed by atoms with van der Waals surface area (Å²) in [6, 6.07) is 0. The molecule has 75 valence electrons. The number of aromatic nitrogens is 1. The summed E-state index contributed by atoms with van der Waals surface area (Å²) in [6.45, 7) is 2.23. The first-order chi connectivity index (χ1) is 6.79. The minimum Gasteiger partial charge on any atom is -0.375 e. The molecule has 1 unspecified atom stereocenters. The molecule has 0 aromatic carbocycles. The molecule has 4 heteroatoms. The van der Waals surface area contributed by atoms with Gasteiger partial charge >= 0.3 is 0 Å². The number of nitrogens with two attached hydrogens (primary N) is 1. The van der Waals surface area contributed by atoms with Crippen molar-refractivity contribution in [2.75, 3.05) is 5.73 Å². The maximum atomic E-state index is 5.70. The van der Waals surface area contributed by atoms with Gasteiger partial charge in [0.15, 0.2) is 5.13 Å². The zero-order chi connectivity index (χ0) is 9.97. The third kappa shape index (κ3) is 2.11. The smallest absolute Gasteiger partial charge is 0.180 e. The average molecular weight is 207 g/mol. The summed E-state index contributed by atoms with van der Waals surface area (Å²) < 4.78 is 0. The average Bonchev–Trinajstić information content (AvgIpc) is 2.54. The van der Waals surface area contributed by atoms with Gasteiger partial charge in [-0.05, 0) is 12.8 Å². The van der Waals surface area contributed by atoms with E-state index >= 15 is 0 Å². The first-order valence-corrected chi connectivity index (χ1v) is 6.18. The number of aryl methyl sites for hydroxylation is 1. The first-order valence-electron chi connectivity index (χ1n) is 5.37. The summed E-state index contributed by atoms with van der Waals surface area (Å²) in [4.78, 5) is 5.77. The van der Waals surface area contributed by atoms with Crippen LogP contribution in [0.15, 0.2) is 0 Å². The lowest BCUT2D eigenvalue weighted by atomic mass is 9.57. The Hall–Kier alpha value is -0.505. The Balaban J connectivity index is 1.98. The third-order valence-corrected chi connectivity index (χ3v) is 3.73. The van der Waals surface area contributed by atoms with Crippen molar-refractivity contribution in [2.24, 2.45) is 0 Å². The highest BCUT2D eigenvalue weighted by Crippen LogP contribution is 2.33. The zero-order valence-electron chi connectivity index (χ0n) is 8.62. The standard InChI is InChI=1S/C10H16BN2S/c1-2-5-11-7-3-4-8-9(6-7)14-10(12)13-8/h7H,2-6H2,1H3,(H2,12,13). The Morgan fingerprint density at radius 2 is 2.50 bits per heavy atom. The largest absolute Gasteiger partial charge is 0.375 e. The number of nitrogen functional groups attached to an aromatic ring is 1. The molecule has 1 atom stereocenters. The molecule has 0 aliphatic heterocycles. The molecule has 2 nitrogen and oxygen atoms in total. The van der Waals surface area contributed by atoms with Gasteiger partial charge in [0.05, 0.1) is 5.69 Å². The molecule has 0 saturated heterocycles. The molecule has 0 amide bonds. The number of fused-ring (bicyclic) bond motifs is 1. The Morgan fingerprint density at radius 1 is 1.64 bits per heavy atom. The van der Waals surface area contributed by atoms with E-state index in [1.807, 2.05) is 0 Å². The van der Waals surface area contributed by atoms with Gasteiger partial charge in [-0.15, -0.1) is 11.3 Å². The van der Waals surface area contributed by atoms with Crippen LogP contribution in [0.5, 0.6) is 0 Å². The Morgan fingerprint density at radius 3 is 3.29 bits per heavy atom. The lowest BCUT2D eigenvalue weighted by Crippen LogP contribution is -2.13. The topological polar surface area (TPSA) is 38.9 Å². The minimum absolute atomic E-state index is 0.742. The number of thiazole rings is 1. The van der Waals surface area contributed by atoms with Crippen molar-refractivity contribution in [3.63, 3.8) is 0 Å². The molecule has 0 saturated carbocycles. The third-order valence-electron chi connectivity index (χ3n) is 2.78. The number of anilines is 1. The second-order valence-corrected chi connectivity index (χ2v) is 5.06. The van der Waals surface area contributed by atoms with Gasteiger partial charge in [0.1, 0.15) is 7.28 Å². The second kappa shape index (κ2) is 4.34. The Labute approximate surface area is 90.2 Å². The molecule has 0 spiro atoms. The van der Waals surface area contributed by atoms with Crippen molar-refractivity contribution < 1.29 is 0 Å². The van der Waals surface area contributed by atoms with Gasteiger partial charge in [-0.1, -0.05) is 31.9 Å². The summed E-state index contributed by atoms with van der Waals surface area (Å²) in [5.41, 5.74) is 6.96. The fourth-order valence-electron chi connectivity index (χ4n) is 2.02. The quantitative estimate of drug-likeness (QED) is 0.773. The molecular formula is C10H16BN2S. The molecule has 2 N–H and O–H groups in total. The monoisotopic (exact) mass is 207 g/mol. The summed E-state index contributed by atoms with van der Waals surface area (Å²) in [5, 5.41) is 0.742. The summed E-state index contributed by atoms with van der Waals surface area (Å²) in [6.07, 6.45) is 6.05. The van der Waals surface area contributed by atoms with E-state index in [2.05, 4.69) is 19.2 Å².